The van der Waals surface area contributed by atoms with Gasteiger partial charge in [0.05, 0.1) is 16.7 Å². The van der Waals surface area contributed by atoms with Crippen molar-refractivity contribution in [1.29, 1.82) is 0 Å². The number of benzene rings is 2. The lowest BCUT2D eigenvalue weighted by molar-refractivity contribution is -0.137. The first kappa shape index (κ1) is 23.4. The fourth-order valence-corrected chi connectivity index (χ4v) is 5.06. The highest BCUT2D eigenvalue weighted by Crippen LogP contribution is 2.46. The molecule has 2 aromatic carbocycles. The standard InChI is InChI=1S/C26H24F3N3O2S/c27-26(28,29)18-3-1-4-20(13-18)31-24(34)32-22-14-17(5-8-21(22)16-9-12-35-15-16)25(10-2-11-25)23(33)30-19-6-7-19/h1,3-5,8-9,12-15,19H,2,6-7,10-11H2,(H,30,33)(H2,31,32,34). The van der Waals surface area contributed by atoms with Crippen molar-refractivity contribution in [2.45, 2.75) is 49.7 Å². The van der Waals surface area contributed by atoms with Crippen molar-refractivity contribution in [3.8, 4) is 11.1 Å². The van der Waals surface area contributed by atoms with E-state index >= 15 is 0 Å². The van der Waals surface area contributed by atoms with Gasteiger partial charge in [0.2, 0.25) is 5.91 Å². The van der Waals surface area contributed by atoms with E-state index in [1.165, 1.54) is 23.5 Å². The van der Waals surface area contributed by atoms with Gasteiger partial charge in [0.25, 0.3) is 0 Å². The minimum atomic E-state index is -4.51. The summed E-state index contributed by atoms with van der Waals surface area (Å²) in [6.45, 7) is 0. The second kappa shape index (κ2) is 9.03. The lowest BCUT2D eigenvalue weighted by atomic mass is 9.63. The van der Waals surface area contributed by atoms with Crippen LogP contribution in [0.1, 0.15) is 43.2 Å². The Morgan fingerprint density at radius 1 is 1.00 bits per heavy atom. The third-order valence-corrected chi connectivity index (χ3v) is 7.34. The molecule has 35 heavy (non-hydrogen) atoms. The summed E-state index contributed by atoms with van der Waals surface area (Å²) in [6, 6.07) is 11.7. The Labute approximate surface area is 204 Å². The van der Waals surface area contributed by atoms with Gasteiger partial charge in [0.15, 0.2) is 0 Å². The van der Waals surface area contributed by atoms with Gasteiger partial charge < -0.3 is 16.0 Å². The molecule has 2 saturated carbocycles. The van der Waals surface area contributed by atoms with Crippen molar-refractivity contribution in [3.63, 3.8) is 0 Å². The fourth-order valence-electron chi connectivity index (χ4n) is 4.40. The molecule has 2 fully saturated rings. The second-order valence-corrected chi connectivity index (χ2v) is 9.89. The molecular formula is C26H24F3N3O2S. The number of alkyl halides is 3. The quantitative estimate of drug-likeness (QED) is 0.350. The molecule has 0 bridgehead atoms. The van der Waals surface area contributed by atoms with Crippen molar-refractivity contribution in [1.82, 2.24) is 5.32 Å². The summed E-state index contributed by atoms with van der Waals surface area (Å²) in [5.41, 5.74) is 1.57. The van der Waals surface area contributed by atoms with E-state index in [1.807, 2.05) is 35.0 Å². The van der Waals surface area contributed by atoms with Crippen LogP contribution in [-0.4, -0.2) is 18.0 Å². The number of anilines is 2. The Hall–Kier alpha value is -3.33. The monoisotopic (exact) mass is 499 g/mol. The molecule has 1 aromatic heterocycles. The average Bonchev–Trinajstić information content (AvgIpc) is 3.41. The first-order valence-electron chi connectivity index (χ1n) is 11.5. The van der Waals surface area contributed by atoms with Crippen molar-refractivity contribution in [3.05, 3.63) is 70.4 Å². The molecular weight excluding hydrogens is 475 g/mol. The molecule has 0 atom stereocenters. The Balaban J connectivity index is 1.43. The van der Waals surface area contributed by atoms with Gasteiger partial charge in [0.1, 0.15) is 0 Å². The summed E-state index contributed by atoms with van der Waals surface area (Å²) in [4.78, 5) is 25.9. The molecule has 5 nitrogen and oxygen atoms in total. The molecule has 2 aliphatic rings. The molecule has 9 heteroatoms. The van der Waals surface area contributed by atoms with Crippen molar-refractivity contribution >= 4 is 34.6 Å². The number of carbonyl (C=O) groups excluding carboxylic acids is 2. The van der Waals surface area contributed by atoms with Gasteiger partial charge in [-0.1, -0.05) is 24.6 Å². The summed E-state index contributed by atoms with van der Waals surface area (Å²) in [5.74, 6) is 0.0221. The SMILES string of the molecule is O=C(Nc1cccc(C(F)(F)F)c1)Nc1cc(C2(C(=O)NC3CC3)CCC2)ccc1-c1ccsc1. The van der Waals surface area contributed by atoms with Gasteiger partial charge in [-0.15, -0.1) is 0 Å². The minimum Gasteiger partial charge on any atom is -0.353 e. The van der Waals surface area contributed by atoms with Gasteiger partial charge in [-0.05, 0) is 77.9 Å². The molecule has 3 amide bonds. The van der Waals surface area contributed by atoms with Gasteiger partial charge in [-0.25, -0.2) is 4.79 Å². The molecule has 3 N–H and O–H groups in total. The van der Waals surface area contributed by atoms with Crippen molar-refractivity contribution in [2.24, 2.45) is 0 Å². The van der Waals surface area contributed by atoms with Gasteiger partial charge in [-0.2, -0.15) is 24.5 Å². The zero-order valence-electron chi connectivity index (χ0n) is 18.7. The fraction of sp³-hybridized carbons (Fsp3) is 0.308. The highest BCUT2D eigenvalue weighted by Gasteiger charge is 2.47. The molecule has 2 aliphatic carbocycles. The third kappa shape index (κ3) is 4.91. The van der Waals surface area contributed by atoms with E-state index in [1.54, 1.807) is 0 Å². The maximum Gasteiger partial charge on any atom is 0.416 e. The average molecular weight is 500 g/mol. The molecule has 0 aliphatic heterocycles. The summed E-state index contributed by atoms with van der Waals surface area (Å²) in [7, 11) is 0. The van der Waals surface area contributed by atoms with Crippen LogP contribution in [0.4, 0.5) is 29.3 Å². The zero-order chi connectivity index (χ0) is 24.6. The van der Waals surface area contributed by atoms with Crippen molar-refractivity contribution in [2.75, 3.05) is 10.6 Å². The largest absolute Gasteiger partial charge is 0.416 e. The minimum absolute atomic E-state index is 0.0221. The van der Waals surface area contributed by atoms with Crippen LogP contribution in [0.3, 0.4) is 0 Å². The molecule has 0 radical (unpaired) electrons. The van der Waals surface area contributed by atoms with E-state index in [2.05, 4.69) is 16.0 Å². The molecule has 5 rings (SSSR count). The predicted octanol–water partition coefficient (Wildman–Crippen LogP) is 6.78. The number of amides is 3. The van der Waals surface area contributed by atoms with Crippen LogP contribution in [0, 0.1) is 0 Å². The maximum atomic E-state index is 13.1. The second-order valence-electron chi connectivity index (χ2n) is 9.11. The molecule has 0 spiro atoms. The van der Waals surface area contributed by atoms with Crippen LogP contribution in [0.2, 0.25) is 0 Å². The number of urea groups is 1. The number of hydrogen-bond donors (Lipinski definition) is 3. The first-order chi connectivity index (χ1) is 16.7. The van der Waals surface area contributed by atoms with Gasteiger partial charge in [-0.3, -0.25) is 4.79 Å². The van der Waals surface area contributed by atoms with E-state index in [0.717, 1.165) is 60.9 Å². The topological polar surface area (TPSA) is 70.2 Å². The summed E-state index contributed by atoms with van der Waals surface area (Å²) >= 11 is 1.51. The number of rotatable bonds is 6. The number of carbonyl (C=O) groups is 2. The Kier molecular flexibility index (Phi) is 6.04. The van der Waals surface area contributed by atoms with Crippen LogP contribution >= 0.6 is 11.3 Å². The van der Waals surface area contributed by atoms with Gasteiger partial charge in [0, 0.05) is 17.3 Å². The maximum absolute atomic E-state index is 13.1. The predicted molar refractivity (Wildman–Crippen MR) is 131 cm³/mol. The number of hydrogen-bond acceptors (Lipinski definition) is 3. The Morgan fingerprint density at radius 2 is 1.80 bits per heavy atom. The zero-order valence-corrected chi connectivity index (χ0v) is 19.6. The smallest absolute Gasteiger partial charge is 0.353 e. The first-order valence-corrected chi connectivity index (χ1v) is 12.4. The van der Waals surface area contributed by atoms with Crippen molar-refractivity contribution < 1.29 is 22.8 Å². The van der Waals surface area contributed by atoms with Crippen LogP contribution in [-0.2, 0) is 16.4 Å². The van der Waals surface area contributed by atoms with E-state index in [9.17, 15) is 22.8 Å². The van der Waals surface area contributed by atoms with Crippen LogP contribution in [0.5, 0.6) is 0 Å². The molecule has 182 valence electrons. The van der Waals surface area contributed by atoms with Gasteiger partial charge >= 0.3 is 12.2 Å². The van der Waals surface area contributed by atoms with Crippen LogP contribution in [0.25, 0.3) is 11.1 Å². The summed E-state index contributed by atoms with van der Waals surface area (Å²) in [6.07, 6.45) is -0.0861. The number of nitrogens with one attached hydrogen (secondary N) is 3. The highest BCUT2D eigenvalue weighted by molar-refractivity contribution is 7.08. The Bertz CT molecular complexity index is 1250. The molecule has 3 aromatic rings. The summed E-state index contributed by atoms with van der Waals surface area (Å²) < 4.78 is 39.1. The lowest BCUT2D eigenvalue weighted by Crippen LogP contribution is -2.49. The van der Waals surface area contributed by atoms with E-state index in [-0.39, 0.29) is 17.6 Å². The highest BCUT2D eigenvalue weighted by atomic mass is 32.1. The number of thiophene rings is 1. The molecule has 0 saturated heterocycles. The number of halogens is 3. The normalized spacial score (nSPS) is 16.8. The van der Waals surface area contributed by atoms with E-state index in [4.69, 9.17) is 0 Å². The molecule has 0 unspecified atom stereocenters. The van der Waals surface area contributed by atoms with E-state index < -0.39 is 23.2 Å². The van der Waals surface area contributed by atoms with Crippen LogP contribution in [0.15, 0.2) is 59.3 Å². The molecule has 1 heterocycles. The van der Waals surface area contributed by atoms with Crippen LogP contribution < -0.4 is 16.0 Å². The lowest BCUT2D eigenvalue weighted by Gasteiger charge is -2.41. The third-order valence-electron chi connectivity index (χ3n) is 6.65. The van der Waals surface area contributed by atoms with E-state index in [0.29, 0.717) is 5.69 Å². The summed E-state index contributed by atoms with van der Waals surface area (Å²) in [5, 5.41) is 12.3. The Morgan fingerprint density at radius 3 is 2.43 bits per heavy atom.